The molecule has 7 nitrogen and oxygen atoms in total. The number of thioether (sulfide) groups is 1. The molecule has 2 aromatic heterocycles. The van der Waals surface area contributed by atoms with Crippen molar-refractivity contribution in [3.05, 3.63) is 42.1 Å². The SMILES string of the molecule is Cc1nccn1-c1cc(CNC(=O)[C@H]2CS[C@@]3(C)CCC(=O)N23)ccn1. The van der Waals surface area contributed by atoms with Crippen LogP contribution in [0, 0.1) is 6.92 Å². The van der Waals surface area contributed by atoms with Gasteiger partial charge in [-0.15, -0.1) is 11.8 Å². The Labute approximate surface area is 156 Å². The average Bonchev–Trinajstić information content (AvgIpc) is 3.29. The largest absolute Gasteiger partial charge is 0.350 e. The maximum Gasteiger partial charge on any atom is 0.243 e. The van der Waals surface area contributed by atoms with E-state index in [1.807, 2.05) is 29.8 Å². The summed E-state index contributed by atoms with van der Waals surface area (Å²) in [6.45, 7) is 4.37. The number of rotatable bonds is 4. The summed E-state index contributed by atoms with van der Waals surface area (Å²) in [5.41, 5.74) is 0.956. The smallest absolute Gasteiger partial charge is 0.243 e. The normalized spacial score (nSPS) is 24.8. The molecule has 2 atom stereocenters. The van der Waals surface area contributed by atoms with Gasteiger partial charge in [-0.3, -0.25) is 14.2 Å². The first-order valence-electron chi connectivity index (χ1n) is 8.67. The van der Waals surface area contributed by atoms with Crippen molar-refractivity contribution in [1.82, 2.24) is 24.8 Å². The van der Waals surface area contributed by atoms with E-state index in [4.69, 9.17) is 0 Å². The third-order valence-electron chi connectivity index (χ3n) is 5.10. The van der Waals surface area contributed by atoms with Crippen molar-refractivity contribution >= 4 is 23.6 Å². The molecule has 1 N–H and O–H groups in total. The van der Waals surface area contributed by atoms with Crippen LogP contribution in [0.2, 0.25) is 0 Å². The van der Waals surface area contributed by atoms with Crippen molar-refractivity contribution in [2.45, 2.75) is 44.1 Å². The lowest BCUT2D eigenvalue weighted by atomic mass is 10.2. The minimum absolute atomic E-state index is 0.0828. The summed E-state index contributed by atoms with van der Waals surface area (Å²) in [6, 6.07) is 3.44. The van der Waals surface area contributed by atoms with E-state index in [9.17, 15) is 9.59 Å². The molecule has 26 heavy (non-hydrogen) atoms. The van der Waals surface area contributed by atoms with Gasteiger partial charge in [0.2, 0.25) is 11.8 Å². The molecule has 0 radical (unpaired) electrons. The minimum Gasteiger partial charge on any atom is -0.350 e. The Morgan fingerprint density at radius 2 is 2.27 bits per heavy atom. The Morgan fingerprint density at radius 3 is 3.04 bits per heavy atom. The zero-order valence-electron chi connectivity index (χ0n) is 14.8. The highest BCUT2D eigenvalue weighted by Gasteiger charge is 2.52. The highest BCUT2D eigenvalue weighted by molar-refractivity contribution is 8.01. The zero-order chi connectivity index (χ0) is 18.3. The minimum atomic E-state index is -0.378. The Bertz CT molecular complexity index is 867. The van der Waals surface area contributed by atoms with Crippen molar-refractivity contribution in [2.75, 3.05) is 5.75 Å². The molecule has 4 heterocycles. The monoisotopic (exact) mass is 371 g/mol. The van der Waals surface area contributed by atoms with Gasteiger partial charge in [0.25, 0.3) is 0 Å². The Morgan fingerprint density at radius 1 is 1.42 bits per heavy atom. The third-order valence-corrected chi connectivity index (χ3v) is 6.60. The summed E-state index contributed by atoms with van der Waals surface area (Å²) < 4.78 is 1.90. The van der Waals surface area contributed by atoms with Crippen LogP contribution in [0.4, 0.5) is 0 Å². The fraction of sp³-hybridized carbons (Fsp3) is 0.444. The van der Waals surface area contributed by atoms with Crippen molar-refractivity contribution in [1.29, 1.82) is 0 Å². The lowest BCUT2D eigenvalue weighted by Crippen LogP contribution is -2.49. The first kappa shape index (κ1) is 17.1. The van der Waals surface area contributed by atoms with Gasteiger partial charge in [0.1, 0.15) is 17.7 Å². The number of aryl methyl sites for hydroxylation is 1. The van der Waals surface area contributed by atoms with Crippen LogP contribution in [0.3, 0.4) is 0 Å². The summed E-state index contributed by atoms with van der Waals surface area (Å²) >= 11 is 1.70. The Balaban J connectivity index is 1.44. The van der Waals surface area contributed by atoms with Crippen molar-refractivity contribution in [2.24, 2.45) is 0 Å². The van der Waals surface area contributed by atoms with Crippen LogP contribution in [-0.2, 0) is 16.1 Å². The van der Waals surface area contributed by atoms with E-state index >= 15 is 0 Å². The van der Waals surface area contributed by atoms with Gasteiger partial charge in [-0.25, -0.2) is 9.97 Å². The standard InChI is InChI=1S/C18H21N5O2S/c1-12-19-7-8-22(12)15-9-13(4-6-20-15)10-21-17(25)14-11-26-18(2)5-3-16(24)23(14)18/h4,6-9,14H,3,5,10-11H2,1-2H3,(H,21,25)/t14-,18+/m1/s1. The van der Waals surface area contributed by atoms with Crippen LogP contribution in [0.25, 0.3) is 5.82 Å². The van der Waals surface area contributed by atoms with Crippen LogP contribution in [0.5, 0.6) is 0 Å². The summed E-state index contributed by atoms with van der Waals surface area (Å²) in [5.74, 6) is 2.27. The second-order valence-corrected chi connectivity index (χ2v) is 8.35. The van der Waals surface area contributed by atoms with Crippen LogP contribution >= 0.6 is 11.8 Å². The number of nitrogens with one attached hydrogen (secondary N) is 1. The molecule has 4 rings (SSSR count). The van der Waals surface area contributed by atoms with Gasteiger partial charge in [-0.05, 0) is 38.0 Å². The maximum atomic E-state index is 12.7. The van der Waals surface area contributed by atoms with E-state index in [1.165, 1.54) is 0 Å². The lowest BCUT2D eigenvalue weighted by molar-refractivity contribution is -0.138. The molecular formula is C18H21N5O2S. The van der Waals surface area contributed by atoms with Gasteiger partial charge < -0.3 is 10.2 Å². The number of amides is 2. The van der Waals surface area contributed by atoms with E-state index in [1.54, 1.807) is 29.1 Å². The summed E-state index contributed by atoms with van der Waals surface area (Å²) in [4.78, 5) is 35.0. The number of pyridine rings is 1. The Hall–Kier alpha value is -2.35. The molecule has 0 aromatic carbocycles. The number of aromatic nitrogens is 3. The molecule has 0 unspecified atom stereocenters. The van der Waals surface area contributed by atoms with Gasteiger partial charge >= 0.3 is 0 Å². The van der Waals surface area contributed by atoms with Crippen molar-refractivity contribution in [3.63, 3.8) is 0 Å². The molecule has 2 saturated heterocycles. The molecule has 2 fully saturated rings. The average molecular weight is 371 g/mol. The summed E-state index contributed by atoms with van der Waals surface area (Å²) in [7, 11) is 0. The zero-order valence-corrected chi connectivity index (χ0v) is 15.6. The third kappa shape index (κ3) is 2.88. The van der Waals surface area contributed by atoms with Crippen molar-refractivity contribution < 1.29 is 9.59 Å². The molecule has 2 aliphatic rings. The highest BCUT2D eigenvalue weighted by Crippen LogP contribution is 2.47. The molecular weight excluding hydrogens is 350 g/mol. The van der Waals surface area contributed by atoms with Crippen LogP contribution in [0.15, 0.2) is 30.7 Å². The molecule has 136 valence electrons. The number of carbonyl (C=O) groups is 2. The van der Waals surface area contributed by atoms with Crippen LogP contribution < -0.4 is 5.32 Å². The molecule has 0 saturated carbocycles. The number of fused-ring (bicyclic) bond motifs is 1. The van der Waals surface area contributed by atoms with Crippen LogP contribution in [-0.4, -0.2) is 47.9 Å². The second kappa shape index (κ2) is 6.42. The van der Waals surface area contributed by atoms with Gasteiger partial charge in [0.05, 0.1) is 4.87 Å². The number of carbonyl (C=O) groups excluding carboxylic acids is 2. The maximum absolute atomic E-state index is 12.7. The highest BCUT2D eigenvalue weighted by atomic mass is 32.2. The van der Waals surface area contributed by atoms with Crippen molar-refractivity contribution in [3.8, 4) is 5.82 Å². The predicted molar refractivity (Wildman–Crippen MR) is 98.7 cm³/mol. The van der Waals surface area contributed by atoms with Gasteiger partial charge in [0.15, 0.2) is 0 Å². The summed E-state index contributed by atoms with van der Waals surface area (Å²) in [6.07, 6.45) is 6.66. The van der Waals surface area contributed by atoms with E-state index in [-0.39, 0.29) is 22.7 Å². The van der Waals surface area contributed by atoms with Gasteiger partial charge in [-0.1, -0.05) is 0 Å². The molecule has 2 aliphatic heterocycles. The Kier molecular flexibility index (Phi) is 4.22. The molecule has 2 amide bonds. The fourth-order valence-corrected chi connectivity index (χ4v) is 5.08. The van der Waals surface area contributed by atoms with Crippen LogP contribution in [0.1, 0.15) is 31.2 Å². The summed E-state index contributed by atoms with van der Waals surface area (Å²) in [5, 5.41) is 2.98. The van der Waals surface area contributed by atoms with E-state index < -0.39 is 0 Å². The number of hydrogen-bond donors (Lipinski definition) is 1. The van der Waals surface area contributed by atoms with E-state index in [0.717, 1.165) is 23.6 Å². The molecule has 0 aliphatic carbocycles. The lowest BCUT2D eigenvalue weighted by Gasteiger charge is -2.29. The molecule has 2 aromatic rings. The second-order valence-electron chi connectivity index (χ2n) is 6.85. The first-order chi connectivity index (χ1) is 12.5. The molecule has 0 spiro atoms. The van der Waals surface area contributed by atoms with Gasteiger partial charge in [0, 0.05) is 37.3 Å². The predicted octanol–water partition coefficient (Wildman–Crippen LogP) is 1.65. The van der Waals surface area contributed by atoms with Gasteiger partial charge in [-0.2, -0.15) is 0 Å². The number of hydrogen-bond acceptors (Lipinski definition) is 5. The quantitative estimate of drug-likeness (QED) is 0.884. The van der Waals surface area contributed by atoms with E-state index in [2.05, 4.69) is 22.2 Å². The number of imidazole rings is 1. The molecule has 0 bridgehead atoms. The van der Waals surface area contributed by atoms with E-state index in [0.29, 0.717) is 18.7 Å². The molecule has 8 heteroatoms. The fourth-order valence-electron chi connectivity index (χ4n) is 3.64. The first-order valence-corrected chi connectivity index (χ1v) is 9.65. The number of nitrogens with zero attached hydrogens (tertiary/aromatic N) is 4. The topological polar surface area (TPSA) is 80.1 Å².